The number of benzene rings is 1. The molecule has 0 spiro atoms. The molecule has 1 aromatic carbocycles. The van der Waals surface area contributed by atoms with Gasteiger partial charge in [0, 0.05) is 12.6 Å². The Morgan fingerprint density at radius 2 is 2.07 bits per heavy atom. The Balaban J connectivity index is 1.75. The lowest BCUT2D eigenvalue weighted by molar-refractivity contribution is 0.256. The number of anilines is 1. The van der Waals surface area contributed by atoms with Crippen LogP contribution >= 0.6 is 11.3 Å². The predicted molar refractivity (Wildman–Crippen MR) is 113 cm³/mol. The van der Waals surface area contributed by atoms with Gasteiger partial charge in [0.15, 0.2) is 11.5 Å². The summed E-state index contributed by atoms with van der Waals surface area (Å²) in [5, 5.41) is 19.4. The van der Waals surface area contributed by atoms with Crippen molar-refractivity contribution in [2.75, 3.05) is 25.6 Å². The Hall–Kier alpha value is -2.51. The van der Waals surface area contributed by atoms with Crippen LogP contribution in [0.3, 0.4) is 0 Å². The van der Waals surface area contributed by atoms with E-state index in [4.69, 9.17) is 9.47 Å². The molecule has 7 heteroatoms. The first-order valence-electron chi connectivity index (χ1n) is 9.37. The number of aromatic nitrogens is 2. The summed E-state index contributed by atoms with van der Waals surface area (Å²) in [4.78, 5) is 1.11. The molecule has 0 bridgehead atoms. The minimum atomic E-state index is 0.0377. The number of thiophene rings is 1. The van der Waals surface area contributed by atoms with Gasteiger partial charge in [-0.05, 0) is 35.1 Å². The quantitative estimate of drug-likeness (QED) is 0.531. The molecule has 150 valence electrons. The maximum Gasteiger partial charge on any atom is 0.161 e. The van der Waals surface area contributed by atoms with Gasteiger partial charge in [-0.15, -0.1) is 11.3 Å². The Morgan fingerprint density at radius 3 is 2.75 bits per heavy atom. The minimum absolute atomic E-state index is 0.0377. The van der Waals surface area contributed by atoms with Gasteiger partial charge in [0.2, 0.25) is 0 Å². The Kier molecular flexibility index (Phi) is 6.95. The molecule has 0 aliphatic rings. The molecule has 2 aromatic heterocycles. The maximum atomic E-state index is 9.35. The van der Waals surface area contributed by atoms with Crippen LogP contribution in [0, 0.1) is 5.92 Å². The first kappa shape index (κ1) is 20.2. The van der Waals surface area contributed by atoms with E-state index in [0.717, 1.165) is 33.5 Å². The van der Waals surface area contributed by atoms with Crippen LogP contribution in [0.25, 0.3) is 10.6 Å². The van der Waals surface area contributed by atoms with Crippen LogP contribution in [0.2, 0.25) is 0 Å². The van der Waals surface area contributed by atoms with Crippen LogP contribution in [0.4, 0.5) is 5.82 Å². The first-order chi connectivity index (χ1) is 13.6. The number of nitrogens with one attached hydrogen (secondary N) is 1. The SMILES string of the molecule is COc1ccc(CNc2cc(-c3cccs3)nn2CCO)cc1OCC(C)C. The van der Waals surface area contributed by atoms with Gasteiger partial charge in [-0.25, -0.2) is 4.68 Å². The predicted octanol–water partition coefficient (Wildman–Crippen LogP) is 4.26. The number of hydrogen-bond donors (Lipinski definition) is 2. The number of ether oxygens (including phenoxy) is 2. The summed E-state index contributed by atoms with van der Waals surface area (Å²) in [5.74, 6) is 2.79. The highest BCUT2D eigenvalue weighted by Crippen LogP contribution is 2.30. The van der Waals surface area contributed by atoms with Gasteiger partial charge < -0.3 is 19.9 Å². The number of aliphatic hydroxyl groups excluding tert-OH is 1. The van der Waals surface area contributed by atoms with Gasteiger partial charge in [0.25, 0.3) is 0 Å². The van der Waals surface area contributed by atoms with E-state index >= 15 is 0 Å². The molecule has 0 saturated carbocycles. The molecular weight excluding hydrogens is 374 g/mol. The van der Waals surface area contributed by atoms with E-state index < -0.39 is 0 Å². The summed E-state index contributed by atoms with van der Waals surface area (Å²) >= 11 is 1.65. The summed E-state index contributed by atoms with van der Waals surface area (Å²) in [6, 6.07) is 12.0. The van der Waals surface area contributed by atoms with Crippen molar-refractivity contribution in [2.24, 2.45) is 5.92 Å². The van der Waals surface area contributed by atoms with Gasteiger partial charge in [-0.2, -0.15) is 5.10 Å². The number of hydrogen-bond acceptors (Lipinski definition) is 6. The van der Waals surface area contributed by atoms with Gasteiger partial charge in [0.05, 0.1) is 31.7 Å². The van der Waals surface area contributed by atoms with Crippen molar-refractivity contribution in [3.05, 3.63) is 47.3 Å². The molecule has 6 nitrogen and oxygen atoms in total. The van der Waals surface area contributed by atoms with Crippen molar-refractivity contribution in [3.63, 3.8) is 0 Å². The van der Waals surface area contributed by atoms with Crippen LogP contribution in [0.5, 0.6) is 11.5 Å². The first-order valence-corrected chi connectivity index (χ1v) is 10.2. The fourth-order valence-corrected chi connectivity index (χ4v) is 3.44. The monoisotopic (exact) mass is 401 g/mol. The van der Waals surface area contributed by atoms with E-state index in [1.807, 2.05) is 41.8 Å². The van der Waals surface area contributed by atoms with E-state index in [1.165, 1.54) is 0 Å². The normalized spacial score (nSPS) is 11.0. The van der Waals surface area contributed by atoms with Crippen LogP contribution < -0.4 is 14.8 Å². The third kappa shape index (κ3) is 5.05. The molecule has 2 heterocycles. The minimum Gasteiger partial charge on any atom is -0.493 e. The molecule has 0 unspecified atom stereocenters. The third-order valence-electron chi connectivity index (χ3n) is 4.14. The summed E-state index contributed by atoms with van der Waals surface area (Å²) in [5.41, 5.74) is 1.98. The molecule has 2 N–H and O–H groups in total. The summed E-state index contributed by atoms with van der Waals surface area (Å²) < 4.78 is 13.1. The Morgan fingerprint density at radius 1 is 1.21 bits per heavy atom. The number of methoxy groups -OCH3 is 1. The second kappa shape index (κ2) is 9.61. The Labute approximate surface area is 169 Å². The molecule has 3 aromatic rings. The fourth-order valence-electron chi connectivity index (χ4n) is 2.76. The molecule has 0 aliphatic carbocycles. The zero-order valence-electron chi connectivity index (χ0n) is 16.5. The van der Waals surface area contributed by atoms with E-state index in [0.29, 0.717) is 25.6 Å². The number of nitrogens with zero attached hydrogens (tertiary/aromatic N) is 2. The maximum absolute atomic E-state index is 9.35. The van der Waals surface area contributed by atoms with Crippen molar-refractivity contribution in [1.29, 1.82) is 0 Å². The standard InChI is InChI=1S/C21H27N3O3S/c1-15(2)14-27-19-11-16(6-7-18(19)26-3)13-22-21-12-17(20-5-4-10-28-20)23-24(21)8-9-25/h4-7,10-12,15,22,25H,8-9,13-14H2,1-3H3. The van der Waals surface area contributed by atoms with Crippen LogP contribution in [0.15, 0.2) is 41.8 Å². The molecule has 0 radical (unpaired) electrons. The molecule has 0 aliphatic heterocycles. The van der Waals surface area contributed by atoms with Crippen molar-refractivity contribution in [1.82, 2.24) is 9.78 Å². The van der Waals surface area contributed by atoms with Crippen LogP contribution in [-0.2, 0) is 13.1 Å². The van der Waals surface area contributed by atoms with Gasteiger partial charge >= 0.3 is 0 Å². The number of rotatable bonds is 10. The van der Waals surface area contributed by atoms with Crippen LogP contribution in [0.1, 0.15) is 19.4 Å². The lowest BCUT2D eigenvalue weighted by Crippen LogP contribution is -2.10. The summed E-state index contributed by atoms with van der Waals surface area (Å²) in [6.07, 6.45) is 0. The third-order valence-corrected chi connectivity index (χ3v) is 5.03. The highest BCUT2D eigenvalue weighted by Gasteiger charge is 2.11. The topological polar surface area (TPSA) is 68.5 Å². The van der Waals surface area contributed by atoms with Crippen molar-refractivity contribution >= 4 is 17.2 Å². The molecule has 0 fully saturated rings. The van der Waals surface area contributed by atoms with E-state index in [9.17, 15) is 5.11 Å². The zero-order chi connectivity index (χ0) is 19.9. The van der Waals surface area contributed by atoms with Crippen molar-refractivity contribution in [2.45, 2.75) is 26.9 Å². The molecule has 3 rings (SSSR count). The largest absolute Gasteiger partial charge is 0.493 e. The second-order valence-electron chi connectivity index (χ2n) is 6.88. The van der Waals surface area contributed by atoms with Gasteiger partial charge in [-0.3, -0.25) is 0 Å². The Bertz CT molecular complexity index is 875. The second-order valence-corrected chi connectivity index (χ2v) is 7.83. The number of aliphatic hydroxyl groups is 1. The van der Waals surface area contributed by atoms with Crippen molar-refractivity contribution in [3.8, 4) is 22.1 Å². The molecule has 28 heavy (non-hydrogen) atoms. The van der Waals surface area contributed by atoms with Crippen molar-refractivity contribution < 1.29 is 14.6 Å². The average molecular weight is 402 g/mol. The lowest BCUT2D eigenvalue weighted by atomic mass is 10.2. The zero-order valence-corrected chi connectivity index (χ0v) is 17.3. The van der Waals surface area contributed by atoms with E-state index in [1.54, 1.807) is 23.1 Å². The molecule has 0 amide bonds. The highest BCUT2D eigenvalue weighted by atomic mass is 32.1. The highest BCUT2D eigenvalue weighted by molar-refractivity contribution is 7.13. The van der Waals surface area contributed by atoms with E-state index in [2.05, 4.69) is 24.3 Å². The van der Waals surface area contributed by atoms with Gasteiger partial charge in [-0.1, -0.05) is 26.0 Å². The summed E-state index contributed by atoms with van der Waals surface area (Å²) in [7, 11) is 1.65. The summed E-state index contributed by atoms with van der Waals surface area (Å²) in [6.45, 7) is 5.97. The van der Waals surface area contributed by atoms with Gasteiger partial charge in [0.1, 0.15) is 11.5 Å². The molecule has 0 atom stereocenters. The average Bonchev–Trinajstić information content (AvgIpc) is 3.35. The van der Waals surface area contributed by atoms with E-state index in [-0.39, 0.29) is 6.61 Å². The fraction of sp³-hybridized carbons (Fsp3) is 0.381. The van der Waals surface area contributed by atoms with Crippen LogP contribution in [-0.4, -0.2) is 35.2 Å². The molecule has 0 saturated heterocycles. The lowest BCUT2D eigenvalue weighted by Gasteiger charge is -2.14. The smallest absolute Gasteiger partial charge is 0.161 e. The molecular formula is C21H27N3O3S.